The lowest BCUT2D eigenvalue weighted by atomic mass is 9.82. The molecule has 20 heteroatoms. The van der Waals surface area contributed by atoms with Crippen molar-refractivity contribution in [2.24, 2.45) is 11.3 Å². The van der Waals surface area contributed by atoms with E-state index in [0.29, 0.717) is 62.3 Å². The minimum atomic E-state index is -5.08. The standard InChI is InChI=1S/C44H55F3N6O5S.C2HF3O2/c1-44(2,3)43(37-22-31(34-23-33(45)13-14-35(34)46)27-51(37)26-30-10-6-4-7-11-30)53(28-32-24-48-25-36(32)47)42(58)29-59-21-17-39(55)50-19-18-49-38(54)12-8-5-9-20-52-40(56)15-16-41(52)57;3-2(4,5)1(6)7/h4,6-7,10-11,13-16,22-23,27,32,36,43,48H,5,8-9,12,17-21,24-26,28-29H2,1-3H3,(H,49,54)(H,50,55);(H,6,7)/t32-,36-,43-;/m0./s1. The van der Waals surface area contributed by atoms with Crippen molar-refractivity contribution in [3.8, 4) is 11.1 Å². The Kier molecular flexibility index (Phi) is 19.9. The molecule has 2 aliphatic heterocycles. The van der Waals surface area contributed by atoms with Crippen LogP contribution in [0.25, 0.3) is 11.1 Å². The second-order valence-corrected chi connectivity index (χ2v) is 18.0. The van der Waals surface area contributed by atoms with Crippen molar-refractivity contribution < 1.29 is 60.2 Å². The topological polar surface area (TPSA) is 170 Å². The van der Waals surface area contributed by atoms with Gasteiger partial charge in [-0.05, 0) is 48.1 Å². The van der Waals surface area contributed by atoms with Crippen molar-refractivity contribution in [3.63, 3.8) is 0 Å². The number of hydrogen-bond acceptors (Lipinski definition) is 8. The number of carbonyl (C=O) groups excluding carboxylic acids is 5. The van der Waals surface area contributed by atoms with Crippen LogP contribution in [0.1, 0.15) is 70.2 Å². The van der Waals surface area contributed by atoms with E-state index in [1.807, 2.05) is 55.7 Å². The van der Waals surface area contributed by atoms with Crippen molar-refractivity contribution in [2.75, 3.05) is 50.8 Å². The molecule has 0 bridgehead atoms. The smallest absolute Gasteiger partial charge is 0.475 e. The first-order chi connectivity index (χ1) is 31.1. The SMILES string of the molecule is CC(C)(C)[C@H](c1cc(-c2cc(F)ccc2F)cn1Cc1ccccc1)N(C[C@@H]1CNC[C@@H]1F)C(=O)CSCCC(=O)NCCNC(=O)CCCCCN1C(=O)C=CC1=O.O=C(O)C(F)(F)F. The molecule has 66 heavy (non-hydrogen) atoms. The number of alkyl halides is 4. The number of benzene rings is 2. The van der Waals surface area contributed by atoms with Gasteiger partial charge < -0.3 is 30.5 Å². The molecule has 4 N–H and O–H groups in total. The number of carboxylic acids is 1. The summed E-state index contributed by atoms with van der Waals surface area (Å²) in [5.74, 6) is -5.20. The zero-order chi connectivity index (χ0) is 48.6. The van der Waals surface area contributed by atoms with Crippen LogP contribution in [-0.4, -0.2) is 118 Å². The molecular formula is C46H56F6N6O7S. The number of hydrogen-bond donors (Lipinski definition) is 4. The summed E-state index contributed by atoms with van der Waals surface area (Å²) in [6.07, 6.45) is 0.386. The Bertz CT molecular complexity index is 2160. The first kappa shape index (κ1) is 53.0. The summed E-state index contributed by atoms with van der Waals surface area (Å²) in [6, 6.07) is 14.2. The summed E-state index contributed by atoms with van der Waals surface area (Å²) < 4.78 is 78.5. The van der Waals surface area contributed by atoms with Gasteiger partial charge in [0, 0.05) is 105 Å². The maximum absolute atomic E-state index is 15.2. The second-order valence-electron chi connectivity index (χ2n) is 16.9. The number of nitrogens with one attached hydrogen (secondary N) is 3. The predicted molar refractivity (Wildman–Crippen MR) is 236 cm³/mol. The summed E-state index contributed by atoms with van der Waals surface area (Å²) in [5, 5.41) is 15.8. The number of amides is 5. The van der Waals surface area contributed by atoms with Crippen LogP contribution in [0, 0.1) is 23.0 Å². The lowest BCUT2D eigenvalue weighted by Crippen LogP contribution is -2.46. The number of unbranched alkanes of at least 4 members (excludes halogenated alkanes) is 2. The van der Waals surface area contributed by atoms with E-state index in [9.17, 15) is 41.5 Å². The van der Waals surface area contributed by atoms with E-state index in [2.05, 4.69) is 16.0 Å². The summed E-state index contributed by atoms with van der Waals surface area (Å²) in [6.45, 7) is 7.97. The maximum atomic E-state index is 15.2. The molecule has 1 aromatic heterocycles. The first-order valence-electron chi connectivity index (χ1n) is 21.4. The number of aliphatic carboxylic acids is 1. The fourth-order valence-corrected chi connectivity index (χ4v) is 8.28. The molecule has 2 aliphatic rings. The highest BCUT2D eigenvalue weighted by Crippen LogP contribution is 2.42. The molecule has 3 heterocycles. The molecule has 1 fully saturated rings. The average molecular weight is 951 g/mol. The largest absolute Gasteiger partial charge is 0.490 e. The van der Waals surface area contributed by atoms with E-state index in [1.165, 1.54) is 28.8 Å². The van der Waals surface area contributed by atoms with Gasteiger partial charge in [-0.3, -0.25) is 28.9 Å². The van der Waals surface area contributed by atoms with Gasteiger partial charge in [0.15, 0.2) is 0 Å². The van der Waals surface area contributed by atoms with Gasteiger partial charge in [-0.2, -0.15) is 24.9 Å². The van der Waals surface area contributed by atoms with E-state index < -0.39 is 47.3 Å². The lowest BCUT2D eigenvalue weighted by Gasteiger charge is -2.42. The van der Waals surface area contributed by atoms with Gasteiger partial charge in [0.2, 0.25) is 17.7 Å². The Balaban J connectivity index is 0.00000126. The van der Waals surface area contributed by atoms with Crippen molar-refractivity contribution in [3.05, 3.63) is 95.8 Å². The third-order valence-corrected chi connectivity index (χ3v) is 11.6. The summed E-state index contributed by atoms with van der Waals surface area (Å²) in [4.78, 5) is 74.2. The summed E-state index contributed by atoms with van der Waals surface area (Å²) in [5.41, 5.74) is 1.66. The summed E-state index contributed by atoms with van der Waals surface area (Å²) in [7, 11) is 0. The van der Waals surface area contributed by atoms with Gasteiger partial charge in [0.1, 0.15) is 17.8 Å². The van der Waals surface area contributed by atoms with Gasteiger partial charge in [-0.25, -0.2) is 18.0 Å². The van der Waals surface area contributed by atoms with Crippen LogP contribution in [-0.2, 0) is 35.3 Å². The number of carbonyl (C=O) groups is 6. The Hall–Kier alpha value is -5.63. The van der Waals surface area contributed by atoms with E-state index in [-0.39, 0.29) is 73.5 Å². The Morgan fingerprint density at radius 3 is 2.12 bits per heavy atom. The molecule has 5 rings (SSSR count). The average Bonchev–Trinajstić information content (AvgIpc) is 3.95. The monoisotopic (exact) mass is 950 g/mol. The predicted octanol–water partition coefficient (Wildman–Crippen LogP) is 6.43. The zero-order valence-corrected chi connectivity index (χ0v) is 37.8. The number of rotatable bonds is 21. The van der Waals surface area contributed by atoms with Crippen molar-refractivity contribution in [1.82, 2.24) is 30.3 Å². The van der Waals surface area contributed by atoms with Gasteiger partial charge in [0.25, 0.3) is 11.8 Å². The number of aromatic nitrogens is 1. The number of nitrogens with zero attached hydrogens (tertiary/aromatic N) is 3. The third kappa shape index (κ3) is 16.4. The molecule has 0 aliphatic carbocycles. The molecule has 13 nitrogen and oxygen atoms in total. The molecular weight excluding hydrogens is 895 g/mol. The van der Waals surface area contributed by atoms with Crippen LogP contribution in [0.15, 0.2) is 72.9 Å². The van der Waals surface area contributed by atoms with E-state index >= 15 is 8.78 Å². The Morgan fingerprint density at radius 2 is 1.53 bits per heavy atom. The molecule has 2 aromatic carbocycles. The fourth-order valence-electron chi connectivity index (χ4n) is 7.47. The molecule has 1 saturated heterocycles. The number of imide groups is 1. The van der Waals surface area contributed by atoms with Gasteiger partial charge in [-0.15, -0.1) is 0 Å². The molecule has 0 unspecified atom stereocenters. The van der Waals surface area contributed by atoms with E-state index in [0.717, 1.165) is 23.8 Å². The van der Waals surface area contributed by atoms with E-state index in [4.69, 9.17) is 9.90 Å². The molecule has 0 saturated carbocycles. The van der Waals surface area contributed by atoms with Gasteiger partial charge >= 0.3 is 12.1 Å². The van der Waals surface area contributed by atoms with Gasteiger partial charge in [-0.1, -0.05) is 57.5 Å². The highest BCUT2D eigenvalue weighted by molar-refractivity contribution is 7.99. The van der Waals surface area contributed by atoms with Crippen LogP contribution < -0.4 is 16.0 Å². The molecule has 5 amide bonds. The number of carboxylic acid groups (broad SMARTS) is 1. The summed E-state index contributed by atoms with van der Waals surface area (Å²) >= 11 is 1.30. The first-order valence-corrected chi connectivity index (χ1v) is 22.6. The molecule has 0 radical (unpaired) electrons. The van der Waals surface area contributed by atoms with Crippen LogP contribution in [0.5, 0.6) is 0 Å². The van der Waals surface area contributed by atoms with Crippen LogP contribution in [0.3, 0.4) is 0 Å². The minimum Gasteiger partial charge on any atom is -0.475 e. The normalized spacial score (nSPS) is 16.5. The number of halogens is 6. The second kappa shape index (κ2) is 24.8. The lowest BCUT2D eigenvalue weighted by molar-refractivity contribution is -0.192. The van der Waals surface area contributed by atoms with Gasteiger partial charge in [0.05, 0.1) is 11.8 Å². The van der Waals surface area contributed by atoms with E-state index in [1.54, 1.807) is 17.2 Å². The quantitative estimate of drug-likeness (QED) is 0.0534. The van der Waals surface area contributed by atoms with Crippen LogP contribution in [0.2, 0.25) is 0 Å². The Morgan fingerprint density at radius 1 is 0.894 bits per heavy atom. The van der Waals surface area contributed by atoms with Crippen molar-refractivity contribution in [2.45, 2.75) is 77.8 Å². The highest BCUT2D eigenvalue weighted by atomic mass is 32.2. The zero-order valence-electron chi connectivity index (χ0n) is 37.0. The molecule has 360 valence electrons. The minimum absolute atomic E-state index is 0.0410. The number of thioether (sulfide) groups is 1. The fraction of sp³-hybridized carbons (Fsp3) is 0.478. The Labute approximate surface area is 383 Å². The van der Waals surface area contributed by atoms with Crippen molar-refractivity contribution in [1.29, 1.82) is 0 Å². The van der Waals surface area contributed by atoms with Crippen LogP contribution >= 0.6 is 11.8 Å². The maximum Gasteiger partial charge on any atom is 0.490 e. The van der Waals surface area contributed by atoms with Crippen LogP contribution in [0.4, 0.5) is 26.3 Å². The molecule has 0 spiro atoms. The van der Waals surface area contributed by atoms with Crippen molar-refractivity contribution >= 4 is 47.3 Å². The highest BCUT2D eigenvalue weighted by Gasteiger charge is 2.41. The third-order valence-electron chi connectivity index (χ3n) is 10.7. The molecule has 3 atom stereocenters. The molecule has 3 aromatic rings.